The predicted octanol–water partition coefficient (Wildman–Crippen LogP) is 5.40. The standard InChI is InChI=1S/C18H32O/c1-14-15(2)17(4)18(16(14)3)12-10-8-6-5-7-9-11-13-19/h18-19H,5-13H2,1-4H3. The van der Waals surface area contributed by atoms with Gasteiger partial charge in [-0.05, 0) is 51.7 Å². The molecule has 0 saturated heterocycles. The Morgan fingerprint density at radius 1 is 0.684 bits per heavy atom. The zero-order chi connectivity index (χ0) is 14.3. The Hall–Kier alpha value is -0.560. The third-order valence-electron chi connectivity index (χ3n) is 4.94. The van der Waals surface area contributed by atoms with E-state index in [4.69, 9.17) is 5.11 Å². The molecule has 0 heterocycles. The molecule has 0 atom stereocenters. The van der Waals surface area contributed by atoms with E-state index >= 15 is 0 Å². The molecule has 1 N–H and O–H groups in total. The molecule has 0 aromatic rings. The van der Waals surface area contributed by atoms with Crippen LogP contribution in [0.4, 0.5) is 0 Å². The lowest BCUT2D eigenvalue weighted by molar-refractivity contribution is 0.282. The van der Waals surface area contributed by atoms with Crippen LogP contribution < -0.4 is 0 Å². The fourth-order valence-electron chi connectivity index (χ4n) is 3.22. The van der Waals surface area contributed by atoms with Gasteiger partial charge in [0.2, 0.25) is 0 Å². The number of hydrogen-bond acceptors (Lipinski definition) is 1. The number of rotatable bonds is 9. The molecule has 0 fully saturated rings. The van der Waals surface area contributed by atoms with Crippen molar-refractivity contribution in [2.24, 2.45) is 5.92 Å². The summed E-state index contributed by atoms with van der Waals surface area (Å²) in [7, 11) is 0. The second kappa shape index (κ2) is 8.58. The van der Waals surface area contributed by atoms with Crippen molar-refractivity contribution in [2.75, 3.05) is 6.61 Å². The van der Waals surface area contributed by atoms with E-state index in [1.807, 2.05) is 0 Å². The Morgan fingerprint density at radius 3 is 1.58 bits per heavy atom. The predicted molar refractivity (Wildman–Crippen MR) is 84.3 cm³/mol. The van der Waals surface area contributed by atoms with Gasteiger partial charge in [0.25, 0.3) is 0 Å². The molecule has 1 rings (SSSR count). The summed E-state index contributed by atoms with van der Waals surface area (Å²) in [6, 6.07) is 0. The van der Waals surface area contributed by atoms with Crippen LogP contribution in [-0.4, -0.2) is 11.7 Å². The highest BCUT2D eigenvalue weighted by Gasteiger charge is 2.23. The van der Waals surface area contributed by atoms with Crippen LogP contribution in [0.5, 0.6) is 0 Å². The molecule has 0 aromatic carbocycles. The maximum Gasteiger partial charge on any atom is 0.0431 e. The van der Waals surface area contributed by atoms with Gasteiger partial charge < -0.3 is 5.11 Å². The van der Waals surface area contributed by atoms with Gasteiger partial charge in [0.1, 0.15) is 0 Å². The van der Waals surface area contributed by atoms with Crippen LogP contribution in [-0.2, 0) is 0 Å². The highest BCUT2D eigenvalue weighted by Crippen LogP contribution is 2.39. The van der Waals surface area contributed by atoms with Crippen LogP contribution in [0.15, 0.2) is 22.3 Å². The summed E-state index contributed by atoms with van der Waals surface area (Å²) in [5.74, 6) is 0.731. The average Bonchev–Trinajstić information content (AvgIpc) is 2.59. The van der Waals surface area contributed by atoms with Crippen molar-refractivity contribution >= 4 is 0 Å². The van der Waals surface area contributed by atoms with Crippen molar-refractivity contribution in [1.82, 2.24) is 0 Å². The van der Waals surface area contributed by atoms with Gasteiger partial charge in [-0.1, -0.05) is 49.7 Å². The lowest BCUT2D eigenvalue weighted by Crippen LogP contribution is -2.00. The first-order valence-corrected chi connectivity index (χ1v) is 8.05. The van der Waals surface area contributed by atoms with E-state index in [2.05, 4.69) is 27.7 Å². The van der Waals surface area contributed by atoms with E-state index in [0.29, 0.717) is 6.61 Å². The number of unbranched alkanes of at least 4 members (excludes halogenated alkanes) is 6. The van der Waals surface area contributed by atoms with Gasteiger partial charge in [-0.15, -0.1) is 0 Å². The van der Waals surface area contributed by atoms with Crippen molar-refractivity contribution < 1.29 is 5.11 Å². The van der Waals surface area contributed by atoms with Gasteiger partial charge in [0.05, 0.1) is 0 Å². The number of allylic oxidation sites excluding steroid dienone is 4. The smallest absolute Gasteiger partial charge is 0.0431 e. The summed E-state index contributed by atoms with van der Waals surface area (Å²) < 4.78 is 0. The van der Waals surface area contributed by atoms with E-state index in [1.165, 1.54) is 56.1 Å². The van der Waals surface area contributed by atoms with Crippen LogP contribution in [0.2, 0.25) is 0 Å². The van der Waals surface area contributed by atoms with Crippen molar-refractivity contribution in [3.8, 4) is 0 Å². The van der Waals surface area contributed by atoms with Crippen LogP contribution >= 0.6 is 0 Å². The number of hydrogen-bond donors (Lipinski definition) is 1. The van der Waals surface area contributed by atoms with Crippen molar-refractivity contribution in [3.63, 3.8) is 0 Å². The maximum atomic E-state index is 8.71. The molecule has 19 heavy (non-hydrogen) atoms. The van der Waals surface area contributed by atoms with Crippen LogP contribution in [0.25, 0.3) is 0 Å². The van der Waals surface area contributed by atoms with Gasteiger partial charge in [0.15, 0.2) is 0 Å². The first-order chi connectivity index (χ1) is 9.09. The minimum absolute atomic E-state index is 0.359. The summed E-state index contributed by atoms with van der Waals surface area (Å²) in [5.41, 5.74) is 6.29. The Balaban J connectivity index is 2.14. The average molecular weight is 264 g/mol. The van der Waals surface area contributed by atoms with Crippen molar-refractivity contribution in [3.05, 3.63) is 22.3 Å². The molecular weight excluding hydrogens is 232 g/mol. The van der Waals surface area contributed by atoms with E-state index in [-0.39, 0.29) is 0 Å². The molecule has 1 nitrogen and oxygen atoms in total. The molecule has 1 aliphatic carbocycles. The molecule has 0 spiro atoms. The quantitative estimate of drug-likeness (QED) is 0.553. The van der Waals surface area contributed by atoms with Gasteiger partial charge >= 0.3 is 0 Å². The molecule has 0 unspecified atom stereocenters. The first kappa shape index (κ1) is 16.5. The Labute approximate surface area is 119 Å². The van der Waals surface area contributed by atoms with E-state index in [1.54, 1.807) is 11.1 Å². The minimum Gasteiger partial charge on any atom is -0.396 e. The normalized spacial score (nSPS) is 16.9. The molecule has 0 bridgehead atoms. The summed E-state index contributed by atoms with van der Waals surface area (Å²) in [6.45, 7) is 9.53. The summed E-state index contributed by atoms with van der Waals surface area (Å²) in [6.07, 6.45) is 10.2. The topological polar surface area (TPSA) is 20.2 Å². The minimum atomic E-state index is 0.359. The van der Waals surface area contributed by atoms with Crippen molar-refractivity contribution in [1.29, 1.82) is 0 Å². The van der Waals surface area contributed by atoms with E-state index in [0.717, 1.165) is 12.3 Å². The van der Waals surface area contributed by atoms with Crippen LogP contribution in [0, 0.1) is 5.92 Å². The summed E-state index contributed by atoms with van der Waals surface area (Å²) in [5, 5.41) is 8.71. The zero-order valence-corrected chi connectivity index (χ0v) is 13.4. The monoisotopic (exact) mass is 264 g/mol. The zero-order valence-electron chi connectivity index (χ0n) is 13.4. The number of aliphatic hydroxyl groups is 1. The van der Waals surface area contributed by atoms with Gasteiger partial charge in [0, 0.05) is 12.5 Å². The van der Waals surface area contributed by atoms with Crippen LogP contribution in [0.3, 0.4) is 0 Å². The molecule has 110 valence electrons. The third kappa shape index (κ3) is 4.80. The molecule has 1 aliphatic rings. The Kier molecular flexibility index (Phi) is 7.45. The molecule has 0 saturated carbocycles. The molecular formula is C18H32O. The van der Waals surface area contributed by atoms with Gasteiger partial charge in [-0.25, -0.2) is 0 Å². The highest BCUT2D eigenvalue weighted by atomic mass is 16.2. The molecule has 0 aromatic heterocycles. The maximum absolute atomic E-state index is 8.71. The second-order valence-corrected chi connectivity index (χ2v) is 6.16. The van der Waals surface area contributed by atoms with Gasteiger partial charge in [-0.2, -0.15) is 0 Å². The highest BCUT2D eigenvalue weighted by molar-refractivity contribution is 5.46. The summed E-state index contributed by atoms with van der Waals surface area (Å²) >= 11 is 0. The fourth-order valence-corrected chi connectivity index (χ4v) is 3.22. The number of aliphatic hydroxyl groups excluding tert-OH is 1. The third-order valence-corrected chi connectivity index (χ3v) is 4.94. The van der Waals surface area contributed by atoms with Gasteiger partial charge in [-0.3, -0.25) is 0 Å². The second-order valence-electron chi connectivity index (χ2n) is 6.16. The lowest BCUT2D eigenvalue weighted by atomic mass is 9.90. The lowest BCUT2D eigenvalue weighted by Gasteiger charge is -2.14. The molecule has 1 heteroatoms. The fraction of sp³-hybridized carbons (Fsp3) is 0.778. The summed E-state index contributed by atoms with van der Waals surface area (Å²) in [4.78, 5) is 0. The van der Waals surface area contributed by atoms with Crippen molar-refractivity contribution in [2.45, 2.75) is 79.1 Å². The molecule has 0 aliphatic heterocycles. The van der Waals surface area contributed by atoms with Crippen LogP contribution in [0.1, 0.15) is 79.1 Å². The molecule has 0 amide bonds. The van der Waals surface area contributed by atoms with E-state index < -0.39 is 0 Å². The SMILES string of the molecule is CC1=C(C)C(CCCCCCCCCO)C(C)=C1C. The molecule has 0 radical (unpaired) electrons. The largest absolute Gasteiger partial charge is 0.396 e. The first-order valence-electron chi connectivity index (χ1n) is 8.05. The Morgan fingerprint density at radius 2 is 1.11 bits per heavy atom. The Bertz CT molecular complexity index is 312. The van der Waals surface area contributed by atoms with E-state index in [9.17, 15) is 0 Å².